The summed E-state index contributed by atoms with van der Waals surface area (Å²) >= 11 is 0. The molecule has 0 bridgehead atoms. The molecule has 2 aromatic carbocycles. The van der Waals surface area contributed by atoms with Gasteiger partial charge in [0.15, 0.2) is 0 Å². The highest BCUT2D eigenvalue weighted by Crippen LogP contribution is 2.22. The van der Waals surface area contributed by atoms with Crippen LogP contribution in [0.3, 0.4) is 0 Å². The normalized spacial score (nSPS) is 14.3. The molecule has 25 heavy (non-hydrogen) atoms. The maximum absolute atomic E-state index is 4.60. The van der Waals surface area contributed by atoms with Crippen LogP contribution in [-0.2, 0) is 12.8 Å². The van der Waals surface area contributed by atoms with Gasteiger partial charge >= 0.3 is 0 Å². The van der Waals surface area contributed by atoms with E-state index in [9.17, 15) is 0 Å². The number of benzene rings is 2. The summed E-state index contributed by atoms with van der Waals surface area (Å²) in [5, 5.41) is 2.69. The summed E-state index contributed by atoms with van der Waals surface area (Å²) in [4.78, 5) is 7.11. The number of fused-ring (bicyclic) bond motifs is 1. The van der Waals surface area contributed by atoms with Crippen molar-refractivity contribution in [2.45, 2.75) is 32.1 Å². The molecule has 0 amide bonds. The van der Waals surface area contributed by atoms with Gasteiger partial charge in [0, 0.05) is 30.7 Å². The first kappa shape index (κ1) is 17.8. The molecule has 0 spiro atoms. The van der Waals surface area contributed by atoms with Crippen LogP contribution in [0.5, 0.6) is 0 Å². The predicted octanol–water partition coefficient (Wildman–Crippen LogP) is 5.43. The minimum Gasteiger partial charge on any atom is -0.371 e. The molecule has 1 aliphatic rings. The molecule has 0 saturated carbocycles. The molecule has 2 nitrogen and oxygen atoms in total. The van der Waals surface area contributed by atoms with Gasteiger partial charge in [0.2, 0.25) is 0 Å². The van der Waals surface area contributed by atoms with E-state index in [4.69, 9.17) is 0 Å². The molecule has 130 valence electrons. The van der Waals surface area contributed by atoms with Crippen molar-refractivity contribution in [2.75, 3.05) is 18.0 Å². The van der Waals surface area contributed by atoms with Crippen molar-refractivity contribution >= 4 is 28.9 Å². The van der Waals surface area contributed by atoms with Gasteiger partial charge in [-0.3, -0.25) is 4.98 Å². The van der Waals surface area contributed by atoms with Crippen LogP contribution in [-0.4, -0.2) is 18.1 Å². The Morgan fingerprint density at radius 3 is 2.52 bits per heavy atom. The molecule has 3 heteroatoms. The Labute approximate surface area is 156 Å². The summed E-state index contributed by atoms with van der Waals surface area (Å²) in [5.74, 6) is 0. The lowest BCUT2D eigenvalue weighted by Gasteiger charge is -2.28. The Balaban J connectivity index is 0.00000182. The molecule has 0 aliphatic carbocycles. The topological polar surface area (TPSA) is 16.1 Å². The van der Waals surface area contributed by atoms with Gasteiger partial charge in [-0.15, -0.1) is 12.4 Å². The van der Waals surface area contributed by atoms with Crippen molar-refractivity contribution in [3.63, 3.8) is 0 Å². The third-order valence-electron chi connectivity index (χ3n) is 5.05. The van der Waals surface area contributed by atoms with E-state index in [2.05, 4.69) is 64.5 Å². The number of nitrogens with zero attached hydrogens (tertiary/aromatic N) is 2. The third kappa shape index (κ3) is 4.13. The van der Waals surface area contributed by atoms with Gasteiger partial charge in [0.05, 0.1) is 0 Å². The van der Waals surface area contributed by atoms with Gasteiger partial charge in [-0.1, -0.05) is 42.5 Å². The second kappa shape index (κ2) is 8.35. The van der Waals surface area contributed by atoms with Gasteiger partial charge in [-0.25, -0.2) is 0 Å². The average Bonchev–Trinajstić information content (AvgIpc) is 2.67. The van der Waals surface area contributed by atoms with E-state index < -0.39 is 0 Å². The summed E-state index contributed by atoms with van der Waals surface area (Å²) < 4.78 is 0. The highest BCUT2D eigenvalue weighted by molar-refractivity contribution is 5.86. The number of aryl methyl sites for hydroxylation is 2. The van der Waals surface area contributed by atoms with E-state index in [1.165, 1.54) is 60.1 Å². The fourth-order valence-electron chi connectivity index (χ4n) is 3.72. The van der Waals surface area contributed by atoms with E-state index in [1.54, 1.807) is 0 Å². The standard InChI is InChI=1S/C22H24N2.ClH/c1-4-15-24(16-5-1)21-13-14-23-20(17-21)12-11-19-9-6-8-18-7-2-3-10-22(18)19;/h2-3,6-10,13-14,17H,1,4-5,11-12,15-16H2;1H. The SMILES string of the molecule is Cl.c1ccc2c(CCc3cc(N4CCCCC4)ccn3)cccc2c1. The first-order chi connectivity index (χ1) is 11.9. The largest absolute Gasteiger partial charge is 0.371 e. The first-order valence-electron chi connectivity index (χ1n) is 9.07. The van der Waals surface area contributed by atoms with Crippen molar-refractivity contribution in [2.24, 2.45) is 0 Å². The third-order valence-corrected chi connectivity index (χ3v) is 5.05. The summed E-state index contributed by atoms with van der Waals surface area (Å²) in [6.07, 6.45) is 8.01. The molecule has 0 N–H and O–H groups in total. The summed E-state index contributed by atoms with van der Waals surface area (Å²) in [6, 6.07) is 19.7. The lowest BCUT2D eigenvalue weighted by molar-refractivity contribution is 0.577. The molecule has 1 fully saturated rings. The molecular formula is C22H25ClN2. The maximum atomic E-state index is 4.60. The first-order valence-corrected chi connectivity index (χ1v) is 9.07. The number of rotatable bonds is 4. The summed E-state index contributed by atoms with van der Waals surface area (Å²) in [5.41, 5.74) is 3.96. The summed E-state index contributed by atoms with van der Waals surface area (Å²) in [6.45, 7) is 2.37. The van der Waals surface area contributed by atoms with Gasteiger partial charge in [-0.05, 0) is 60.6 Å². The molecule has 3 aromatic rings. The van der Waals surface area contributed by atoms with Crippen LogP contribution in [0.4, 0.5) is 5.69 Å². The van der Waals surface area contributed by atoms with Gasteiger partial charge in [0.25, 0.3) is 0 Å². The second-order valence-electron chi connectivity index (χ2n) is 6.69. The fraction of sp³-hybridized carbons (Fsp3) is 0.318. The van der Waals surface area contributed by atoms with E-state index >= 15 is 0 Å². The quantitative estimate of drug-likeness (QED) is 0.622. The Kier molecular flexibility index (Phi) is 5.93. The van der Waals surface area contributed by atoms with Crippen molar-refractivity contribution in [3.8, 4) is 0 Å². The smallest absolute Gasteiger partial charge is 0.0427 e. The zero-order chi connectivity index (χ0) is 16.2. The van der Waals surface area contributed by atoms with Crippen LogP contribution in [0.25, 0.3) is 10.8 Å². The van der Waals surface area contributed by atoms with E-state index in [0.717, 1.165) is 12.8 Å². The predicted molar refractivity (Wildman–Crippen MR) is 109 cm³/mol. The molecular weight excluding hydrogens is 328 g/mol. The monoisotopic (exact) mass is 352 g/mol. The van der Waals surface area contributed by atoms with Crippen LogP contribution in [0.1, 0.15) is 30.5 Å². The minimum absolute atomic E-state index is 0. The van der Waals surface area contributed by atoms with Gasteiger partial charge < -0.3 is 4.90 Å². The molecule has 1 aromatic heterocycles. The van der Waals surface area contributed by atoms with Crippen molar-refractivity contribution < 1.29 is 0 Å². The Bertz CT molecular complexity index is 820. The van der Waals surface area contributed by atoms with Crippen molar-refractivity contribution in [1.82, 2.24) is 4.98 Å². The van der Waals surface area contributed by atoms with Crippen LogP contribution in [0.15, 0.2) is 60.8 Å². The fourth-order valence-corrected chi connectivity index (χ4v) is 3.72. The Hall–Kier alpha value is -2.06. The van der Waals surface area contributed by atoms with Crippen LogP contribution in [0.2, 0.25) is 0 Å². The molecule has 1 aliphatic heterocycles. The molecule has 0 unspecified atom stereocenters. The zero-order valence-electron chi connectivity index (χ0n) is 14.5. The number of piperidine rings is 1. The number of hydrogen-bond acceptors (Lipinski definition) is 2. The molecule has 4 rings (SSSR count). The van der Waals surface area contributed by atoms with Gasteiger partial charge in [0.1, 0.15) is 0 Å². The van der Waals surface area contributed by atoms with Crippen LogP contribution < -0.4 is 4.90 Å². The molecule has 2 heterocycles. The lowest BCUT2D eigenvalue weighted by Crippen LogP contribution is -2.29. The van der Waals surface area contributed by atoms with Crippen molar-refractivity contribution in [1.29, 1.82) is 0 Å². The van der Waals surface area contributed by atoms with E-state index in [1.807, 2.05) is 6.20 Å². The van der Waals surface area contributed by atoms with E-state index in [0.29, 0.717) is 0 Å². The van der Waals surface area contributed by atoms with E-state index in [-0.39, 0.29) is 12.4 Å². The van der Waals surface area contributed by atoms with Crippen molar-refractivity contribution in [3.05, 3.63) is 72.1 Å². The van der Waals surface area contributed by atoms with Crippen LogP contribution in [0, 0.1) is 0 Å². The lowest BCUT2D eigenvalue weighted by atomic mass is 10.00. The Morgan fingerprint density at radius 1 is 0.840 bits per heavy atom. The number of hydrogen-bond donors (Lipinski definition) is 0. The highest BCUT2D eigenvalue weighted by Gasteiger charge is 2.11. The number of anilines is 1. The van der Waals surface area contributed by atoms with Crippen LogP contribution >= 0.6 is 12.4 Å². The molecule has 0 atom stereocenters. The maximum Gasteiger partial charge on any atom is 0.0427 e. The number of aromatic nitrogens is 1. The molecule has 1 saturated heterocycles. The summed E-state index contributed by atoms with van der Waals surface area (Å²) in [7, 11) is 0. The minimum atomic E-state index is 0. The average molecular weight is 353 g/mol. The zero-order valence-corrected chi connectivity index (χ0v) is 15.3. The number of halogens is 1. The van der Waals surface area contributed by atoms with Gasteiger partial charge in [-0.2, -0.15) is 0 Å². The highest BCUT2D eigenvalue weighted by atomic mass is 35.5. The Morgan fingerprint density at radius 2 is 1.64 bits per heavy atom. The second-order valence-corrected chi connectivity index (χ2v) is 6.69. The number of pyridine rings is 1. The molecule has 0 radical (unpaired) electrons.